The Morgan fingerprint density at radius 3 is 2.44 bits per heavy atom. The van der Waals surface area contributed by atoms with Gasteiger partial charge in [0.1, 0.15) is 5.75 Å². The summed E-state index contributed by atoms with van der Waals surface area (Å²) in [5.41, 5.74) is 4.13. The van der Waals surface area contributed by atoms with Crippen molar-refractivity contribution in [1.29, 1.82) is 0 Å². The fourth-order valence-electron chi connectivity index (χ4n) is 2.89. The van der Waals surface area contributed by atoms with Crippen molar-refractivity contribution in [3.63, 3.8) is 0 Å². The highest BCUT2D eigenvalue weighted by Crippen LogP contribution is 2.36. The molecule has 3 aromatic rings. The number of methoxy groups -OCH3 is 1. The number of amides is 2. The van der Waals surface area contributed by atoms with E-state index >= 15 is 0 Å². The number of carbonyl (C=O) groups excluding carboxylic acids is 2. The molecular formula is C25H24ClN3O5. The Morgan fingerprint density at radius 2 is 1.76 bits per heavy atom. The molecule has 0 radical (unpaired) electrons. The summed E-state index contributed by atoms with van der Waals surface area (Å²) < 4.78 is 16.4. The molecule has 8 nitrogen and oxygen atoms in total. The fraction of sp³-hybridized carbons (Fsp3) is 0.160. The number of anilines is 1. The third-order valence-corrected chi connectivity index (χ3v) is 4.75. The lowest BCUT2D eigenvalue weighted by Gasteiger charge is -2.14. The largest absolute Gasteiger partial charge is 0.497 e. The van der Waals surface area contributed by atoms with Crippen LogP contribution in [0.3, 0.4) is 0 Å². The minimum absolute atomic E-state index is 0.235. The number of nitrogens with one attached hydrogen (secondary N) is 2. The highest BCUT2D eigenvalue weighted by molar-refractivity contribution is 6.32. The van der Waals surface area contributed by atoms with E-state index < -0.39 is 0 Å². The predicted octanol–water partition coefficient (Wildman–Crippen LogP) is 4.53. The standard InChI is InChI=1S/C25H24ClN3O5/c1-3-33-22-14-17(15-27-29-25(31)18-7-5-4-6-8-18)13-21(26)24(22)34-16-23(30)28-19-9-11-20(32-2)12-10-19/h4-15H,3,16H2,1-2H3,(H,28,30)(H,29,31)/b27-15+. The molecule has 0 heterocycles. The molecule has 34 heavy (non-hydrogen) atoms. The van der Waals surface area contributed by atoms with Crippen LogP contribution in [0, 0.1) is 0 Å². The van der Waals surface area contributed by atoms with Crippen molar-refractivity contribution >= 4 is 35.3 Å². The summed E-state index contributed by atoms with van der Waals surface area (Å²) >= 11 is 6.39. The molecular weight excluding hydrogens is 458 g/mol. The second kappa shape index (κ2) is 12.3. The van der Waals surface area contributed by atoms with Crippen molar-refractivity contribution in [2.24, 2.45) is 5.10 Å². The van der Waals surface area contributed by atoms with Gasteiger partial charge >= 0.3 is 0 Å². The van der Waals surface area contributed by atoms with Crippen LogP contribution in [0.15, 0.2) is 71.8 Å². The number of benzene rings is 3. The van der Waals surface area contributed by atoms with Crippen LogP contribution >= 0.6 is 11.6 Å². The molecule has 0 atom stereocenters. The van der Waals surface area contributed by atoms with Gasteiger partial charge in [-0.25, -0.2) is 5.43 Å². The van der Waals surface area contributed by atoms with E-state index in [1.807, 2.05) is 13.0 Å². The summed E-state index contributed by atoms with van der Waals surface area (Å²) in [5.74, 6) is 0.571. The van der Waals surface area contributed by atoms with Gasteiger partial charge in [0, 0.05) is 11.3 Å². The first-order valence-electron chi connectivity index (χ1n) is 10.4. The van der Waals surface area contributed by atoms with Crippen LogP contribution in [0.2, 0.25) is 5.02 Å². The van der Waals surface area contributed by atoms with E-state index in [1.165, 1.54) is 6.21 Å². The number of carbonyl (C=O) groups is 2. The molecule has 0 aliphatic rings. The second-order valence-electron chi connectivity index (χ2n) is 6.89. The molecule has 9 heteroatoms. The summed E-state index contributed by atoms with van der Waals surface area (Å²) in [6.07, 6.45) is 1.44. The van der Waals surface area contributed by atoms with Gasteiger partial charge in [-0.15, -0.1) is 0 Å². The third kappa shape index (κ3) is 6.98. The third-order valence-electron chi connectivity index (χ3n) is 4.47. The van der Waals surface area contributed by atoms with E-state index in [9.17, 15) is 9.59 Å². The average Bonchev–Trinajstić information content (AvgIpc) is 2.84. The van der Waals surface area contributed by atoms with Gasteiger partial charge in [0.2, 0.25) is 0 Å². The molecule has 2 amide bonds. The fourth-order valence-corrected chi connectivity index (χ4v) is 3.17. The Hall–Kier alpha value is -4.04. The Kier molecular flexibility index (Phi) is 8.88. The minimum Gasteiger partial charge on any atom is -0.497 e. The Labute approximate surface area is 202 Å². The first-order chi connectivity index (χ1) is 16.5. The van der Waals surface area contributed by atoms with Crippen LogP contribution in [0.5, 0.6) is 17.2 Å². The lowest BCUT2D eigenvalue weighted by Crippen LogP contribution is -2.20. The monoisotopic (exact) mass is 481 g/mol. The predicted molar refractivity (Wildman–Crippen MR) is 131 cm³/mol. The lowest BCUT2D eigenvalue weighted by molar-refractivity contribution is -0.118. The number of halogens is 1. The number of rotatable bonds is 10. The molecule has 0 saturated carbocycles. The number of nitrogens with zero attached hydrogens (tertiary/aromatic N) is 1. The summed E-state index contributed by atoms with van der Waals surface area (Å²) in [4.78, 5) is 24.4. The van der Waals surface area contributed by atoms with E-state index in [0.717, 1.165) is 0 Å². The molecule has 0 aliphatic carbocycles. The first kappa shape index (κ1) is 24.6. The van der Waals surface area contributed by atoms with Crippen LogP contribution < -0.4 is 25.0 Å². The van der Waals surface area contributed by atoms with Gasteiger partial charge in [0.25, 0.3) is 11.8 Å². The SMILES string of the molecule is CCOc1cc(/C=N/NC(=O)c2ccccc2)cc(Cl)c1OCC(=O)Nc1ccc(OC)cc1. The van der Waals surface area contributed by atoms with Crippen LogP contribution in [0.1, 0.15) is 22.8 Å². The van der Waals surface area contributed by atoms with Crippen molar-refractivity contribution in [3.8, 4) is 17.2 Å². The van der Waals surface area contributed by atoms with Gasteiger partial charge in [0.15, 0.2) is 18.1 Å². The van der Waals surface area contributed by atoms with Crippen molar-refractivity contribution in [3.05, 3.63) is 82.9 Å². The summed E-state index contributed by atoms with van der Waals surface area (Å²) in [6.45, 7) is 1.90. The van der Waals surface area contributed by atoms with Gasteiger partial charge in [0.05, 0.1) is 25.0 Å². The smallest absolute Gasteiger partial charge is 0.271 e. The van der Waals surface area contributed by atoms with Crippen LogP contribution in [0.4, 0.5) is 5.69 Å². The Bertz CT molecular complexity index is 1150. The highest BCUT2D eigenvalue weighted by Gasteiger charge is 2.14. The minimum atomic E-state index is -0.363. The quantitative estimate of drug-likeness (QED) is 0.327. The van der Waals surface area contributed by atoms with Crippen molar-refractivity contribution in [1.82, 2.24) is 5.43 Å². The Balaban J connectivity index is 1.64. The topological polar surface area (TPSA) is 98.3 Å². The van der Waals surface area contributed by atoms with Gasteiger partial charge in [-0.2, -0.15) is 5.10 Å². The molecule has 0 spiro atoms. The molecule has 176 valence electrons. The van der Waals surface area contributed by atoms with E-state index in [1.54, 1.807) is 67.8 Å². The van der Waals surface area contributed by atoms with Crippen LogP contribution in [-0.4, -0.2) is 38.4 Å². The van der Waals surface area contributed by atoms with E-state index in [4.69, 9.17) is 25.8 Å². The van der Waals surface area contributed by atoms with Crippen molar-refractivity contribution in [2.75, 3.05) is 25.6 Å². The molecule has 0 unspecified atom stereocenters. The molecule has 0 aliphatic heterocycles. The maximum absolute atomic E-state index is 12.3. The number of ether oxygens (including phenoxy) is 3. The van der Waals surface area contributed by atoms with E-state index in [2.05, 4.69) is 15.8 Å². The Morgan fingerprint density at radius 1 is 1.03 bits per heavy atom. The van der Waals surface area contributed by atoms with Gasteiger partial charge in [-0.1, -0.05) is 29.8 Å². The van der Waals surface area contributed by atoms with E-state index in [0.29, 0.717) is 34.9 Å². The number of hydrazone groups is 1. The first-order valence-corrected chi connectivity index (χ1v) is 10.8. The van der Waals surface area contributed by atoms with Crippen LogP contribution in [-0.2, 0) is 4.79 Å². The van der Waals surface area contributed by atoms with Gasteiger partial charge in [-0.05, 0) is 61.0 Å². The maximum Gasteiger partial charge on any atom is 0.271 e. The molecule has 3 rings (SSSR count). The lowest BCUT2D eigenvalue weighted by atomic mass is 10.2. The molecule has 2 N–H and O–H groups in total. The molecule has 3 aromatic carbocycles. The zero-order valence-electron chi connectivity index (χ0n) is 18.7. The van der Waals surface area contributed by atoms with Gasteiger partial charge < -0.3 is 19.5 Å². The van der Waals surface area contributed by atoms with Gasteiger partial charge in [-0.3, -0.25) is 9.59 Å². The highest BCUT2D eigenvalue weighted by atomic mass is 35.5. The van der Waals surface area contributed by atoms with E-state index in [-0.39, 0.29) is 29.2 Å². The molecule has 0 saturated heterocycles. The molecule has 0 bridgehead atoms. The number of hydrogen-bond donors (Lipinski definition) is 2. The summed E-state index contributed by atoms with van der Waals surface area (Å²) in [5, 5.41) is 6.94. The molecule has 0 aromatic heterocycles. The normalized spacial score (nSPS) is 10.6. The zero-order chi connectivity index (χ0) is 24.3. The zero-order valence-corrected chi connectivity index (χ0v) is 19.5. The number of hydrogen-bond acceptors (Lipinski definition) is 6. The summed E-state index contributed by atoms with van der Waals surface area (Å²) in [6, 6.07) is 18.9. The second-order valence-corrected chi connectivity index (χ2v) is 7.30. The van der Waals surface area contributed by atoms with Crippen molar-refractivity contribution in [2.45, 2.75) is 6.92 Å². The molecule has 0 fully saturated rings. The van der Waals surface area contributed by atoms with Crippen molar-refractivity contribution < 1.29 is 23.8 Å². The average molecular weight is 482 g/mol. The maximum atomic E-state index is 12.3. The van der Waals surface area contributed by atoms with Crippen LogP contribution in [0.25, 0.3) is 0 Å². The summed E-state index contributed by atoms with van der Waals surface area (Å²) in [7, 11) is 1.57.